The van der Waals surface area contributed by atoms with E-state index in [9.17, 15) is 13.6 Å². The smallest absolute Gasteiger partial charge is 0.408 e. The molecule has 4 nitrogen and oxygen atoms in total. The third kappa shape index (κ3) is 4.62. The number of aromatic nitrogens is 1. The van der Waals surface area contributed by atoms with E-state index < -0.39 is 29.9 Å². The summed E-state index contributed by atoms with van der Waals surface area (Å²) >= 11 is 0. The van der Waals surface area contributed by atoms with Crippen LogP contribution in [0.1, 0.15) is 60.7 Å². The Balaban J connectivity index is 1.61. The van der Waals surface area contributed by atoms with Crippen molar-refractivity contribution in [1.29, 1.82) is 0 Å². The molecule has 162 valence electrons. The molecule has 0 radical (unpaired) electrons. The van der Waals surface area contributed by atoms with Gasteiger partial charge in [0.1, 0.15) is 17.7 Å². The lowest BCUT2D eigenvalue weighted by Gasteiger charge is -2.18. The first kappa shape index (κ1) is 21.5. The lowest BCUT2D eigenvalue weighted by Crippen LogP contribution is -2.20. The highest BCUT2D eigenvalue weighted by Gasteiger charge is 2.38. The van der Waals surface area contributed by atoms with Gasteiger partial charge in [0.05, 0.1) is 0 Å². The standard InChI is InChI=1S/C26H22F2N2O2/c1-26(2,3)19-8-6-16(7-9-19)4-5-17-12-18(15-29-14-17)23-24(32-25(31)30-23)21-13-20(27)10-11-22(21)28/h6-15,23-24H,1-3H3,(H,30,31)/t23-,24-/m1/s1. The van der Waals surface area contributed by atoms with E-state index in [4.69, 9.17) is 4.74 Å². The van der Waals surface area contributed by atoms with Crippen LogP contribution in [0.15, 0.2) is 60.9 Å². The van der Waals surface area contributed by atoms with Gasteiger partial charge in [-0.05, 0) is 52.9 Å². The van der Waals surface area contributed by atoms with E-state index in [0.29, 0.717) is 11.1 Å². The number of alkyl carbamates (subject to hydrolysis) is 1. The van der Waals surface area contributed by atoms with Crippen LogP contribution in [-0.2, 0) is 10.2 Å². The second kappa shape index (κ2) is 8.43. The van der Waals surface area contributed by atoms with Crippen molar-refractivity contribution in [3.05, 3.63) is 100 Å². The first-order valence-electron chi connectivity index (χ1n) is 10.2. The van der Waals surface area contributed by atoms with Crippen molar-refractivity contribution in [3.8, 4) is 11.8 Å². The Morgan fingerprint density at radius 2 is 1.69 bits per heavy atom. The Morgan fingerprint density at radius 3 is 2.41 bits per heavy atom. The quantitative estimate of drug-likeness (QED) is 0.538. The predicted octanol–water partition coefficient (Wildman–Crippen LogP) is 5.58. The SMILES string of the molecule is CC(C)(C)c1ccc(C#Cc2cncc([C@H]3NC(=O)O[C@@H]3c3cc(F)ccc3F)c2)cc1. The number of hydrogen-bond donors (Lipinski definition) is 1. The number of hydrogen-bond acceptors (Lipinski definition) is 3. The van der Waals surface area contributed by atoms with Crippen LogP contribution in [0.25, 0.3) is 0 Å². The maximum Gasteiger partial charge on any atom is 0.408 e. The fourth-order valence-electron chi connectivity index (χ4n) is 3.55. The van der Waals surface area contributed by atoms with Crippen molar-refractivity contribution in [2.45, 2.75) is 38.3 Å². The normalized spacial score (nSPS) is 17.8. The molecule has 1 aliphatic rings. The molecule has 1 N–H and O–H groups in total. The number of rotatable bonds is 2. The van der Waals surface area contributed by atoms with Gasteiger partial charge in [-0.2, -0.15) is 0 Å². The minimum atomic E-state index is -1.02. The molecule has 2 heterocycles. The number of benzene rings is 2. The summed E-state index contributed by atoms with van der Waals surface area (Å²) in [6.45, 7) is 6.46. The molecule has 4 rings (SSSR count). The molecule has 0 aliphatic carbocycles. The molecule has 0 bridgehead atoms. The van der Waals surface area contributed by atoms with Gasteiger partial charge in [0.25, 0.3) is 0 Å². The summed E-state index contributed by atoms with van der Waals surface area (Å²) in [7, 11) is 0. The molecule has 1 saturated heterocycles. The third-order valence-corrected chi connectivity index (χ3v) is 5.30. The molecule has 0 saturated carbocycles. The monoisotopic (exact) mass is 432 g/mol. The number of nitrogens with one attached hydrogen (secondary N) is 1. The predicted molar refractivity (Wildman–Crippen MR) is 117 cm³/mol. The van der Waals surface area contributed by atoms with Crippen LogP contribution in [0, 0.1) is 23.5 Å². The van der Waals surface area contributed by atoms with Crippen LogP contribution in [-0.4, -0.2) is 11.1 Å². The third-order valence-electron chi connectivity index (χ3n) is 5.30. The highest BCUT2D eigenvalue weighted by molar-refractivity contribution is 5.71. The molecular formula is C26H22F2N2O2. The van der Waals surface area contributed by atoms with Crippen molar-refractivity contribution < 1.29 is 18.3 Å². The lowest BCUT2D eigenvalue weighted by atomic mass is 9.87. The Labute approximate surface area is 185 Å². The largest absolute Gasteiger partial charge is 0.439 e. The minimum absolute atomic E-state index is 0.0382. The molecule has 2 aromatic carbocycles. The summed E-state index contributed by atoms with van der Waals surface area (Å²) in [5.41, 5.74) is 3.32. The number of nitrogens with zero attached hydrogens (tertiary/aromatic N) is 1. The second-order valence-electron chi connectivity index (χ2n) is 8.70. The van der Waals surface area contributed by atoms with Gasteiger partial charge in [0.2, 0.25) is 0 Å². The van der Waals surface area contributed by atoms with Crippen LogP contribution in [0.2, 0.25) is 0 Å². The maximum atomic E-state index is 14.3. The molecule has 0 spiro atoms. The van der Waals surface area contributed by atoms with Crippen molar-refractivity contribution >= 4 is 6.09 Å². The van der Waals surface area contributed by atoms with E-state index in [0.717, 1.165) is 23.8 Å². The van der Waals surface area contributed by atoms with Gasteiger partial charge in [-0.15, -0.1) is 0 Å². The highest BCUT2D eigenvalue weighted by atomic mass is 19.1. The molecule has 3 aromatic rings. The van der Waals surface area contributed by atoms with Crippen LogP contribution >= 0.6 is 0 Å². The molecule has 1 amide bonds. The van der Waals surface area contributed by atoms with Gasteiger partial charge in [0.15, 0.2) is 6.10 Å². The Morgan fingerprint density at radius 1 is 0.969 bits per heavy atom. The number of carbonyl (C=O) groups excluding carboxylic acids is 1. The number of carbonyl (C=O) groups is 1. The van der Waals surface area contributed by atoms with Gasteiger partial charge in [-0.25, -0.2) is 13.6 Å². The van der Waals surface area contributed by atoms with Gasteiger partial charge >= 0.3 is 6.09 Å². The van der Waals surface area contributed by atoms with E-state index >= 15 is 0 Å². The molecule has 0 unspecified atom stereocenters. The summed E-state index contributed by atoms with van der Waals surface area (Å²) < 4.78 is 33.2. The zero-order valence-corrected chi connectivity index (χ0v) is 17.9. The minimum Gasteiger partial charge on any atom is -0.439 e. The van der Waals surface area contributed by atoms with Crippen molar-refractivity contribution in [1.82, 2.24) is 10.3 Å². The molecule has 1 aliphatic heterocycles. The number of cyclic esters (lactones) is 1. The summed E-state index contributed by atoms with van der Waals surface area (Å²) in [6.07, 6.45) is 1.43. The van der Waals surface area contributed by atoms with Crippen LogP contribution in [0.3, 0.4) is 0 Å². The van der Waals surface area contributed by atoms with E-state index in [1.165, 1.54) is 5.56 Å². The zero-order chi connectivity index (χ0) is 22.9. The number of pyridine rings is 1. The maximum absolute atomic E-state index is 14.3. The van der Waals surface area contributed by atoms with E-state index in [-0.39, 0.29) is 11.0 Å². The van der Waals surface area contributed by atoms with Crippen molar-refractivity contribution in [2.24, 2.45) is 0 Å². The fourth-order valence-corrected chi connectivity index (χ4v) is 3.55. The Hall–Kier alpha value is -3.72. The van der Waals surface area contributed by atoms with Crippen LogP contribution in [0.5, 0.6) is 0 Å². The molecule has 1 aromatic heterocycles. The number of ether oxygens (including phenoxy) is 1. The lowest BCUT2D eigenvalue weighted by molar-refractivity contribution is 0.130. The fraction of sp³-hybridized carbons (Fsp3) is 0.231. The Bertz CT molecular complexity index is 1220. The average Bonchev–Trinajstić information content (AvgIpc) is 3.15. The van der Waals surface area contributed by atoms with Crippen molar-refractivity contribution in [2.75, 3.05) is 0 Å². The number of halogens is 2. The highest BCUT2D eigenvalue weighted by Crippen LogP contribution is 2.38. The summed E-state index contributed by atoms with van der Waals surface area (Å²) in [6, 6.07) is 12.2. The summed E-state index contributed by atoms with van der Waals surface area (Å²) in [4.78, 5) is 16.1. The van der Waals surface area contributed by atoms with E-state index in [2.05, 4.69) is 55.0 Å². The first-order valence-corrected chi connectivity index (χ1v) is 10.2. The van der Waals surface area contributed by atoms with Gasteiger partial charge < -0.3 is 10.1 Å². The first-order chi connectivity index (χ1) is 15.2. The van der Waals surface area contributed by atoms with Gasteiger partial charge in [0, 0.05) is 29.1 Å². The molecule has 1 fully saturated rings. The van der Waals surface area contributed by atoms with Gasteiger partial charge in [-0.3, -0.25) is 4.98 Å². The van der Waals surface area contributed by atoms with Crippen LogP contribution in [0.4, 0.5) is 13.6 Å². The average molecular weight is 432 g/mol. The van der Waals surface area contributed by atoms with Gasteiger partial charge in [-0.1, -0.05) is 44.7 Å². The topological polar surface area (TPSA) is 51.2 Å². The second-order valence-corrected chi connectivity index (χ2v) is 8.70. The Kier molecular flexibility index (Phi) is 5.67. The molecule has 6 heteroatoms. The molecule has 2 atom stereocenters. The zero-order valence-electron chi connectivity index (χ0n) is 17.9. The van der Waals surface area contributed by atoms with E-state index in [1.807, 2.05) is 12.1 Å². The van der Waals surface area contributed by atoms with Crippen LogP contribution < -0.4 is 5.32 Å². The summed E-state index contributed by atoms with van der Waals surface area (Å²) in [5.74, 6) is 4.91. The molecular weight excluding hydrogens is 410 g/mol. The van der Waals surface area contributed by atoms with Crippen molar-refractivity contribution in [3.63, 3.8) is 0 Å². The number of amides is 1. The summed E-state index contributed by atoms with van der Waals surface area (Å²) in [5, 5.41) is 2.65. The van der Waals surface area contributed by atoms with E-state index in [1.54, 1.807) is 18.5 Å². The molecule has 32 heavy (non-hydrogen) atoms.